The molecule has 29 heavy (non-hydrogen) atoms. The summed E-state index contributed by atoms with van der Waals surface area (Å²) in [5, 5.41) is 12.4. The first-order valence-electron chi connectivity index (χ1n) is 9.30. The molecule has 1 aromatic carbocycles. The zero-order valence-corrected chi connectivity index (χ0v) is 15.7. The van der Waals surface area contributed by atoms with Crippen molar-refractivity contribution in [1.82, 2.24) is 10.2 Å². The molecule has 2 atom stereocenters. The van der Waals surface area contributed by atoms with E-state index in [0.29, 0.717) is 31.7 Å². The lowest BCUT2D eigenvalue weighted by Gasteiger charge is -2.33. The number of benzene rings is 1. The second kappa shape index (κ2) is 9.32. The average molecular weight is 412 g/mol. The lowest BCUT2D eigenvalue weighted by molar-refractivity contribution is -0.137. The third-order valence-electron chi connectivity index (χ3n) is 4.87. The molecule has 0 bridgehead atoms. The molecule has 9 heteroatoms. The third kappa shape index (κ3) is 5.74. The Kier molecular flexibility index (Phi) is 6.81. The number of halogens is 3. The number of nitrogens with zero attached hydrogens (tertiary/aromatic N) is 1. The summed E-state index contributed by atoms with van der Waals surface area (Å²) in [5.41, 5.74) is 0.810. The first-order valence-corrected chi connectivity index (χ1v) is 9.30. The highest BCUT2D eigenvalue weighted by Gasteiger charge is 2.30. The van der Waals surface area contributed by atoms with Crippen LogP contribution in [0.3, 0.4) is 0 Å². The van der Waals surface area contributed by atoms with Crippen LogP contribution in [0.2, 0.25) is 0 Å². The minimum atomic E-state index is -4.38. The van der Waals surface area contributed by atoms with Crippen LogP contribution in [0.25, 0.3) is 0 Å². The first kappa shape index (κ1) is 21.2. The van der Waals surface area contributed by atoms with E-state index in [1.165, 1.54) is 12.1 Å². The molecule has 1 aromatic heterocycles. The Morgan fingerprint density at radius 1 is 1.28 bits per heavy atom. The molecule has 0 spiro atoms. The molecule has 1 aliphatic rings. The van der Waals surface area contributed by atoms with Crippen molar-refractivity contribution in [2.24, 2.45) is 5.92 Å². The number of nitrogens with one attached hydrogen (secondary N) is 1. The van der Waals surface area contributed by atoms with Crippen molar-refractivity contribution >= 4 is 6.03 Å². The van der Waals surface area contributed by atoms with Crippen LogP contribution < -0.4 is 5.32 Å². The molecule has 0 radical (unpaired) electrons. The van der Waals surface area contributed by atoms with Gasteiger partial charge in [-0.1, -0.05) is 12.1 Å². The van der Waals surface area contributed by atoms with Gasteiger partial charge in [0.25, 0.3) is 0 Å². The van der Waals surface area contributed by atoms with E-state index in [1.54, 1.807) is 23.5 Å². The number of ether oxygens (including phenoxy) is 1. The van der Waals surface area contributed by atoms with Gasteiger partial charge in [0.2, 0.25) is 0 Å². The number of carbonyl (C=O) groups excluding carboxylic acids is 1. The molecular weight excluding hydrogens is 389 g/mol. The summed E-state index contributed by atoms with van der Waals surface area (Å²) >= 11 is 0. The average Bonchev–Trinajstić information content (AvgIpc) is 3.25. The fourth-order valence-electron chi connectivity index (χ4n) is 3.20. The highest BCUT2D eigenvalue weighted by Crippen LogP contribution is 2.29. The number of rotatable bonds is 6. The largest absolute Gasteiger partial charge is 0.472 e. The van der Waals surface area contributed by atoms with Gasteiger partial charge in [-0.3, -0.25) is 0 Å². The van der Waals surface area contributed by atoms with E-state index in [2.05, 4.69) is 5.32 Å². The number of hydrogen-bond donors (Lipinski definition) is 2. The molecule has 158 valence electrons. The van der Waals surface area contributed by atoms with E-state index in [0.717, 1.165) is 17.7 Å². The van der Waals surface area contributed by atoms with Crippen LogP contribution in [-0.2, 0) is 17.3 Å². The van der Waals surface area contributed by atoms with Gasteiger partial charge in [0.05, 0.1) is 31.2 Å². The van der Waals surface area contributed by atoms with E-state index in [9.17, 15) is 23.1 Å². The maximum atomic E-state index is 12.6. The number of hydrogen-bond acceptors (Lipinski definition) is 4. The van der Waals surface area contributed by atoms with Gasteiger partial charge in [-0.15, -0.1) is 0 Å². The Labute approximate surface area is 166 Å². The van der Waals surface area contributed by atoms with Crippen LogP contribution in [0.4, 0.5) is 18.0 Å². The Balaban J connectivity index is 1.50. The lowest BCUT2D eigenvalue weighted by Crippen LogP contribution is -2.48. The molecule has 2 aromatic rings. The van der Waals surface area contributed by atoms with Crippen LogP contribution in [0.5, 0.6) is 0 Å². The minimum absolute atomic E-state index is 0.192. The Bertz CT molecular complexity index is 778. The normalized spacial score (nSPS) is 18.5. The number of aliphatic hydroxyl groups excluding tert-OH is 1. The number of aliphatic hydroxyl groups is 1. The summed E-state index contributed by atoms with van der Waals surface area (Å²) in [6.45, 7) is 1.25. The number of morpholine rings is 1. The quantitative estimate of drug-likeness (QED) is 0.764. The van der Waals surface area contributed by atoms with Crippen molar-refractivity contribution in [1.29, 1.82) is 0 Å². The number of amides is 2. The molecule has 2 amide bonds. The van der Waals surface area contributed by atoms with Gasteiger partial charge in [-0.05, 0) is 30.2 Å². The van der Waals surface area contributed by atoms with Crippen molar-refractivity contribution in [3.63, 3.8) is 0 Å². The van der Waals surface area contributed by atoms with E-state index in [4.69, 9.17) is 9.15 Å². The highest BCUT2D eigenvalue weighted by atomic mass is 19.4. The molecule has 1 aliphatic heterocycles. The molecule has 1 saturated heterocycles. The summed E-state index contributed by atoms with van der Waals surface area (Å²) in [6, 6.07) is 6.35. The SMILES string of the molecule is O=C(NCC(CO)Cc1ccc(C(F)(F)F)cc1)N1CCOC(c2ccoc2)C1. The number of carbonyl (C=O) groups is 1. The van der Waals surface area contributed by atoms with E-state index in [1.807, 2.05) is 0 Å². The topological polar surface area (TPSA) is 74.9 Å². The van der Waals surface area contributed by atoms with Crippen molar-refractivity contribution < 1.29 is 32.2 Å². The number of alkyl halides is 3. The molecule has 0 saturated carbocycles. The van der Waals surface area contributed by atoms with Gasteiger partial charge in [-0.25, -0.2) is 4.79 Å². The molecule has 2 N–H and O–H groups in total. The third-order valence-corrected chi connectivity index (χ3v) is 4.87. The van der Waals surface area contributed by atoms with Crippen molar-refractivity contribution in [3.8, 4) is 0 Å². The van der Waals surface area contributed by atoms with Gasteiger partial charge in [0.15, 0.2) is 0 Å². The van der Waals surface area contributed by atoms with Crippen LogP contribution in [0.1, 0.15) is 22.8 Å². The zero-order valence-electron chi connectivity index (χ0n) is 15.7. The highest BCUT2D eigenvalue weighted by molar-refractivity contribution is 5.74. The Hall–Kier alpha value is -2.52. The van der Waals surface area contributed by atoms with Crippen molar-refractivity contribution in [3.05, 3.63) is 59.5 Å². The second-order valence-electron chi connectivity index (χ2n) is 7.00. The molecule has 6 nitrogen and oxygen atoms in total. The maximum absolute atomic E-state index is 12.6. The van der Waals surface area contributed by atoms with Gasteiger partial charge in [0, 0.05) is 31.2 Å². The summed E-state index contributed by atoms with van der Waals surface area (Å²) in [5.74, 6) is -0.304. The van der Waals surface area contributed by atoms with Crippen LogP contribution in [0, 0.1) is 5.92 Å². The molecule has 1 fully saturated rings. The zero-order chi connectivity index (χ0) is 20.9. The first-order chi connectivity index (χ1) is 13.9. The number of furan rings is 1. The summed E-state index contributed by atoms with van der Waals surface area (Å²) in [4.78, 5) is 14.1. The predicted molar refractivity (Wildman–Crippen MR) is 98.1 cm³/mol. The van der Waals surface area contributed by atoms with Crippen molar-refractivity contribution in [2.75, 3.05) is 32.8 Å². The van der Waals surface area contributed by atoms with E-state index in [-0.39, 0.29) is 31.2 Å². The molecule has 3 rings (SSSR count). The van der Waals surface area contributed by atoms with E-state index >= 15 is 0 Å². The molecule has 2 unspecified atom stereocenters. The lowest BCUT2D eigenvalue weighted by atomic mass is 9.99. The fraction of sp³-hybridized carbons (Fsp3) is 0.450. The summed E-state index contributed by atoms with van der Waals surface area (Å²) in [6.07, 6.45) is -1.15. The van der Waals surface area contributed by atoms with E-state index < -0.39 is 11.7 Å². The van der Waals surface area contributed by atoms with Gasteiger partial charge in [-0.2, -0.15) is 13.2 Å². The second-order valence-corrected chi connectivity index (χ2v) is 7.00. The number of urea groups is 1. The Morgan fingerprint density at radius 2 is 2.03 bits per heavy atom. The fourth-order valence-corrected chi connectivity index (χ4v) is 3.20. The molecule has 2 heterocycles. The van der Waals surface area contributed by atoms with Crippen LogP contribution >= 0.6 is 0 Å². The Morgan fingerprint density at radius 3 is 2.66 bits per heavy atom. The van der Waals surface area contributed by atoms with Crippen LogP contribution in [-0.4, -0.2) is 48.9 Å². The predicted octanol–water partition coefficient (Wildman–Crippen LogP) is 3.23. The molecular formula is C20H23F3N2O4. The maximum Gasteiger partial charge on any atom is 0.416 e. The standard InChI is InChI=1S/C20H23F3N2O4/c21-20(22,23)17-3-1-14(2-4-17)9-15(12-26)10-24-19(27)25-6-8-29-18(11-25)16-5-7-28-13-16/h1-5,7,13,15,18,26H,6,8-12H2,(H,24,27). The molecule has 0 aliphatic carbocycles. The monoisotopic (exact) mass is 412 g/mol. The van der Waals surface area contributed by atoms with Crippen LogP contribution in [0.15, 0.2) is 47.3 Å². The van der Waals surface area contributed by atoms with Crippen molar-refractivity contribution in [2.45, 2.75) is 18.7 Å². The van der Waals surface area contributed by atoms with Gasteiger partial charge >= 0.3 is 12.2 Å². The summed E-state index contributed by atoms with van der Waals surface area (Å²) in [7, 11) is 0. The van der Waals surface area contributed by atoms with Gasteiger partial charge in [0.1, 0.15) is 6.10 Å². The summed E-state index contributed by atoms with van der Waals surface area (Å²) < 4.78 is 48.6. The smallest absolute Gasteiger partial charge is 0.416 e. The minimum Gasteiger partial charge on any atom is -0.472 e. The van der Waals surface area contributed by atoms with Gasteiger partial charge < -0.3 is 24.5 Å².